The van der Waals surface area contributed by atoms with Crippen LogP contribution in [0.15, 0.2) is 42.5 Å². The smallest absolute Gasteiger partial charge is 0.323 e. The van der Waals surface area contributed by atoms with E-state index in [-0.39, 0.29) is 0 Å². The van der Waals surface area contributed by atoms with Gasteiger partial charge in [0.25, 0.3) is 0 Å². The number of hydrogen-bond donors (Lipinski definition) is 2. The molecule has 4 nitrogen and oxygen atoms in total. The summed E-state index contributed by atoms with van der Waals surface area (Å²) in [5.41, 5.74) is 0.937. The molecule has 110 valence electrons. The monoisotopic (exact) mass is 324 g/mol. The minimum atomic E-state index is -0.447. The number of carbonyl (C=O) groups is 1. The van der Waals surface area contributed by atoms with Gasteiger partial charge < -0.3 is 15.4 Å². The molecule has 0 aromatic heterocycles. The molecule has 2 aromatic rings. The van der Waals surface area contributed by atoms with Gasteiger partial charge in [0.1, 0.15) is 5.75 Å². The number of carbonyl (C=O) groups excluding carboxylic acids is 1. The minimum absolute atomic E-state index is 0.368. The summed E-state index contributed by atoms with van der Waals surface area (Å²) in [7, 11) is 0. The second-order valence-electron chi connectivity index (χ2n) is 4.10. The first kappa shape index (κ1) is 15.5. The molecule has 0 heterocycles. The van der Waals surface area contributed by atoms with E-state index >= 15 is 0 Å². The highest BCUT2D eigenvalue weighted by Gasteiger charge is 2.11. The standard InChI is InChI=1S/C15H14Cl2N2O2/c1-2-21-13-9-4-3-8-12(13)18-15(20)19-14-10(16)6-5-7-11(14)17/h3-9H,2H2,1H3,(H2,18,19,20). The summed E-state index contributed by atoms with van der Waals surface area (Å²) in [6.07, 6.45) is 0. The van der Waals surface area contributed by atoms with Gasteiger partial charge in [-0.05, 0) is 31.2 Å². The van der Waals surface area contributed by atoms with Crippen LogP contribution in [-0.2, 0) is 0 Å². The second-order valence-corrected chi connectivity index (χ2v) is 4.92. The van der Waals surface area contributed by atoms with Crippen LogP contribution < -0.4 is 15.4 Å². The molecule has 0 radical (unpaired) electrons. The van der Waals surface area contributed by atoms with Crippen LogP contribution in [0.5, 0.6) is 5.75 Å². The van der Waals surface area contributed by atoms with Crippen molar-refractivity contribution >= 4 is 40.6 Å². The molecule has 2 rings (SSSR count). The highest BCUT2D eigenvalue weighted by molar-refractivity contribution is 6.39. The average molecular weight is 325 g/mol. The topological polar surface area (TPSA) is 50.4 Å². The highest BCUT2D eigenvalue weighted by Crippen LogP contribution is 2.30. The molecule has 21 heavy (non-hydrogen) atoms. The third-order valence-corrected chi connectivity index (χ3v) is 3.27. The number of anilines is 2. The van der Waals surface area contributed by atoms with E-state index in [0.717, 1.165) is 0 Å². The predicted molar refractivity (Wildman–Crippen MR) is 86.7 cm³/mol. The van der Waals surface area contributed by atoms with Crippen LogP contribution in [0.2, 0.25) is 10.0 Å². The van der Waals surface area contributed by atoms with Crippen LogP contribution in [-0.4, -0.2) is 12.6 Å². The number of hydrogen-bond acceptors (Lipinski definition) is 2. The Morgan fingerprint density at radius 2 is 1.71 bits per heavy atom. The second kappa shape index (κ2) is 7.20. The molecule has 0 aliphatic heterocycles. The normalized spacial score (nSPS) is 10.0. The van der Waals surface area contributed by atoms with Crippen molar-refractivity contribution in [2.45, 2.75) is 6.92 Å². The van der Waals surface area contributed by atoms with Gasteiger partial charge in [0.15, 0.2) is 0 Å². The zero-order chi connectivity index (χ0) is 15.2. The number of ether oxygens (including phenoxy) is 1. The summed E-state index contributed by atoms with van der Waals surface area (Å²) < 4.78 is 5.44. The van der Waals surface area contributed by atoms with Gasteiger partial charge in [0.05, 0.1) is 28.0 Å². The summed E-state index contributed by atoms with van der Waals surface area (Å²) >= 11 is 12.0. The largest absolute Gasteiger partial charge is 0.492 e. The first-order valence-corrected chi connectivity index (χ1v) is 7.11. The lowest BCUT2D eigenvalue weighted by Gasteiger charge is -2.13. The maximum atomic E-state index is 12.0. The van der Waals surface area contributed by atoms with E-state index in [1.807, 2.05) is 13.0 Å². The number of nitrogens with one attached hydrogen (secondary N) is 2. The van der Waals surface area contributed by atoms with E-state index in [1.165, 1.54) is 0 Å². The van der Waals surface area contributed by atoms with Gasteiger partial charge in [-0.15, -0.1) is 0 Å². The molecule has 2 aromatic carbocycles. The first-order valence-electron chi connectivity index (χ1n) is 6.35. The third kappa shape index (κ3) is 4.03. The zero-order valence-electron chi connectivity index (χ0n) is 11.3. The van der Waals surface area contributed by atoms with Crippen LogP contribution in [0.25, 0.3) is 0 Å². The fraction of sp³-hybridized carbons (Fsp3) is 0.133. The minimum Gasteiger partial charge on any atom is -0.492 e. The van der Waals surface area contributed by atoms with Gasteiger partial charge in [-0.2, -0.15) is 0 Å². The van der Waals surface area contributed by atoms with Gasteiger partial charge >= 0.3 is 6.03 Å². The van der Waals surface area contributed by atoms with Crippen molar-refractivity contribution in [1.82, 2.24) is 0 Å². The van der Waals surface area contributed by atoms with Crippen LogP contribution in [0.3, 0.4) is 0 Å². The van der Waals surface area contributed by atoms with E-state index < -0.39 is 6.03 Å². The van der Waals surface area contributed by atoms with Crippen molar-refractivity contribution in [3.05, 3.63) is 52.5 Å². The number of para-hydroxylation sites is 3. The zero-order valence-corrected chi connectivity index (χ0v) is 12.8. The number of benzene rings is 2. The quantitative estimate of drug-likeness (QED) is 0.828. The molecule has 0 saturated carbocycles. The van der Waals surface area contributed by atoms with Gasteiger partial charge in [0.2, 0.25) is 0 Å². The molecule has 0 atom stereocenters. The number of urea groups is 1. The lowest BCUT2D eigenvalue weighted by Crippen LogP contribution is -2.20. The molecule has 0 aliphatic carbocycles. The Hall–Kier alpha value is -1.91. The van der Waals surface area contributed by atoms with Crippen molar-refractivity contribution in [2.24, 2.45) is 0 Å². The van der Waals surface area contributed by atoms with Crippen molar-refractivity contribution < 1.29 is 9.53 Å². The SMILES string of the molecule is CCOc1ccccc1NC(=O)Nc1c(Cl)cccc1Cl. The molecule has 0 aliphatic rings. The molecule has 0 spiro atoms. The fourth-order valence-corrected chi connectivity index (χ4v) is 2.23. The maximum Gasteiger partial charge on any atom is 0.323 e. The molecule has 0 bridgehead atoms. The van der Waals surface area contributed by atoms with E-state index in [0.29, 0.717) is 33.8 Å². The maximum absolute atomic E-state index is 12.0. The Morgan fingerprint density at radius 3 is 2.38 bits per heavy atom. The fourth-order valence-electron chi connectivity index (χ4n) is 1.74. The Morgan fingerprint density at radius 1 is 1.05 bits per heavy atom. The van der Waals surface area contributed by atoms with Crippen molar-refractivity contribution in [2.75, 3.05) is 17.2 Å². The van der Waals surface area contributed by atoms with Crippen molar-refractivity contribution in [1.29, 1.82) is 0 Å². The van der Waals surface area contributed by atoms with Crippen LogP contribution in [0.4, 0.5) is 16.2 Å². The van der Waals surface area contributed by atoms with E-state index in [4.69, 9.17) is 27.9 Å². The average Bonchev–Trinajstić information content (AvgIpc) is 2.45. The van der Waals surface area contributed by atoms with E-state index in [2.05, 4.69) is 10.6 Å². The van der Waals surface area contributed by atoms with Crippen LogP contribution in [0, 0.1) is 0 Å². The number of rotatable bonds is 4. The van der Waals surface area contributed by atoms with Crippen molar-refractivity contribution in [3.63, 3.8) is 0 Å². The lowest BCUT2D eigenvalue weighted by molar-refractivity contribution is 0.262. The van der Waals surface area contributed by atoms with Crippen molar-refractivity contribution in [3.8, 4) is 5.75 Å². The van der Waals surface area contributed by atoms with E-state index in [1.54, 1.807) is 36.4 Å². The Balaban J connectivity index is 2.12. The van der Waals surface area contributed by atoms with Gasteiger partial charge in [-0.3, -0.25) is 0 Å². The van der Waals surface area contributed by atoms with E-state index in [9.17, 15) is 4.79 Å². The predicted octanol–water partition coefficient (Wildman–Crippen LogP) is 5.04. The Bertz CT molecular complexity index is 627. The van der Waals surface area contributed by atoms with Crippen LogP contribution in [0.1, 0.15) is 6.92 Å². The van der Waals surface area contributed by atoms with Gasteiger partial charge in [0, 0.05) is 0 Å². The third-order valence-electron chi connectivity index (χ3n) is 2.64. The molecular weight excluding hydrogens is 311 g/mol. The Kier molecular flexibility index (Phi) is 5.31. The van der Waals surface area contributed by atoms with Gasteiger partial charge in [-0.25, -0.2) is 4.79 Å². The number of amides is 2. The molecule has 2 N–H and O–H groups in total. The summed E-state index contributed by atoms with van der Waals surface area (Å²) in [4.78, 5) is 12.0. The summed E-state index contributed by atoms with van der Waals surface area (Å²) in [5, 5.41) is 6.07. The summed E-state index contributed by atoms with van der Waals surface area (Å²) in [5.74, 6) is 0.598. The Labute approximate surface area is 133 Å². The first-order chi connectivity index (χ1) is 10.1. The molecule has 0 saturated heterocycles. The summed E-state index contributed by atoms with van der Waals surface area (Å²) in [6, 6.07) is 11.7. The molecule has 2 amide bonds. The summed E-state index contributed by atoms with van der Waals surface area (Å²) in [6.45, 7) is 2.39. The van der Waals surface area contributed by atoms with Crippen LogP contribution >= 0.6 is 23.2 Å². The molecular formula is C15H14Cl2N2O2. The number of halogens is 2. The molecule has 0 fully saturated rings. The lowest BCUT2D eigenvalue weighted by atomic mass is 10.3. The highest BCUT2D eigenvalue weighted by atomic mass is 35.5. The molecule has 0 unspecified atom stereocenters. The molecule has 6 heteroatoms. The van der Waals surface area contributed by atoms with Gasteiger partial charge in [-0.1, -0.05) is 41.4 Å².